The lowest BCUT2D eigenvalue weighted by Crippen LogP contribution is -2.35. The molecule has 1 aliphatic heterocycles. The number of thioether (sulfide) groups is 1. The zero-order chi connectivity index (χ0) is 20.5. The van der Waals surface area contributed by atoms with E-state index in [-0.39, 0.29) is 30.0 Å². The van der Waals surface area contributed by atoms with Crippen LogP contribution in [0.2, 0.25) is 0 Å². The molecule has 1 saturated carbocycles. The van der Waals surface area contributed by atoms with Crippen LogP contribution in [-0.2, 0) is 9.59 Å². The van der Waals surface area contributed by atoms with Gasteiger partial charge in [0.25, 0.3) is 0 Å². The van der Waals surface area contributed by atoms with Crippen molar-refractivity contribution >= 4 is 40.1 Å². The second-order valence-corrected chi connectivity index (χ2v) is 8.61. The van der Waals surface area contributed by atoms with Crippen molar-refractivity contribution in [3.8, 4) is 0 Å². The highest BCUT2D eigenvalue weighted by molar-refractivity contribution is 8.15. The number of hydrogen-bond acceptors (Lipinski definition) is 4. The number of carbonyl (C=O) groups is 2. The third-order valence-corrected chi connectivity index (χ3v) is 6.26. The van der Waals surface area contributed by atoms with Crippen molar-refractivity contribution in [3.05, 3.63) is 59.4 Å². The zero-order valence-electron chi connectivity index (χ0n) is 16.3. The topological polar surface area (TPSA) is 61.8 Å². The SMILES string of the molecule is Cc1ccc(N=C2SC(CC(=O)Nc3ccccc3F)C(=O)N2C2CC2)cc1C. The summed E-state index contributed by atoms with van der Waals surface area (Å²) in [5.74, 6) is -0.976. The van der Waals surface area contributed by atoms with Gasteiger partial charge in [0.1, 0.15) is 11.1 Å². The maximum atomic E-state index is 13.8. The number of rotatable bonds is 5. The molecule has 0 radical (unpaired) electrons. The molecule has 2 aromatic carbocycles. The lowest BCUT2D eigenvalue weighted by atomic mass is 10.1. The molecule has 29 heavy (non-hydrogen) atoms. The van der Waals surface area contributed by atoms with Gasteiger partial charge >= 0.3 is 0 Å². The van der Waals surface area contributed by atoms with Gasteiger partial charge in [-0.3, -0.25) is 14.5 Å². The van der Waals surface area contributed by atoms with E-state index in [0.29, 0.717) is 5.17 Å². The predicted octanol–water partition coefficient (Wildman–Crippen LogP) is 4.57. The van der Waals surface area contributed by atoms with E-state index in [1.807, 2.05) is 32.0 Å². The molecule has 1 unspecified atom stereocenters. The summed E-state index contributed by atoms with van der Waals surface area (Å²) >= 11 is 1.31. The average Bonchev–Trinajstić information content (AvgIpc) is 3.46. The number of para-hydroxylation sites is 1. The molecule has 1 atom stereocenters. The number of hydrogen-bond donors (Lipinski definition) is 1. The summed E-state index contributed by atoms with van der Waals surface area (Å²) in [6, 6.07) is 12.1. The lowest BCUT2D eigenvalue weighted by molar-refractivity contribution is -0.128. The van der Waals surface area contributed by atoms with E-state index in [2.05, 4.69) is 5.32 Å². The summed E-state index contributed by atoms with van der Waals surface area (Å²) in [5, 5.41) is 2.65. The number of aliphatic imine (C=N–C) groups is 1. The Kier molecular flexibility index (Phi) is 5.41. The van der Waals surface area contributed by atoms with Gasteiger partial charge in [-0.2, -0.15) is 0 Å². The van der Waals surface area contributed by atoms with Gasteiger partial charge in [0.05, 0.1) is 11.4 Å². The number of amides is 2. The predicted molar refractivity (Wildman–Crippen MR) is 114 cm³/mol. The Balaban J connectivity index is 1.51. The van der Waals surface area contributed by atoms with Crippen LogP contribution in [0.25, 0.3) is 0 Å². The fraction of sp³-hybridized carbons (Fsp3) is 0.318. The molecule has 1 aliphatic carbocycles. The molecule has 0 spiro atoms. The minimum atomic E-state index is -0.548. The van der Waals surface area contributed by atoms with Crippen molar-refractivity contribution in [2.75, 3.05) is 5.32 Å². The second kappa shape index (κ2) is 7.99. The number of halogens is 1. The molecular weight excluding hydrogens is 389 g/mol. The maximum Gasteiger partial charge on any atom is 0.242 e. The van der Waals surface area contributed by atoms with E-state index in [9.17, 15) is 14.0 Å². The van der Waals surface area contributed by atoms with Gasteiger partial charge in [0, 0.05) is 12.5 Å². The highest BCUT2D eigenvalue weighted by Gasteiger charge is 2.46. The fourth-order valence-corrected chi connectivity index (χ4v) is 4.41. The first-order valence-corrected chi connectivity index (χ1v) is 10.5. The number of carbonyl (C=O) groups excluding carboxylic acids is 2. The summed E-state index contributed by atoms with van der Waals surface area (Å²) in [6.45, 7) is 4.07. The molecular formula is C22H22FN3O2S. The van der Waals surface area contributed by atoms with Crippen LogP contribution in [0.3, 0.4) is 0 Å². The number of anilines is 1. The van der Waals surface area contributed by atoms with Crippen molar-refractivity contribution in [1.82, 2.24) is 4.90 Å². The molecule has 1 saturated heterocycles. The average molecular weight is 412 g/mol. The van der Waals surface area contributed by atoms with E-state index in [1.54, 1.807) is 17.0 Å². The third-order valence-electron chi connectivity index (χ3n) is 5.11. The minimum Gasteiger partial charge on any atom is -0.324 e. The summed E-state index contributed by atoms with van der Waals surface area (Å²) in [5.41, 5.74) is 3.24. The Hall–Kier alpha value is -2.67. The quantitative estimate of drug-likeness (QED) is 0.784. The maximum absolute atomic E-state index is 13.8. The molecule has 5 nitrogen and oxygen atoms in total. The number of nitrogens with one attached hydrogen (secondary N) is 1. The minimum absolute atomic E-state index is 0.0208. The van der Waals surface area contributed by atoms with Crippen LogP contribution in [0.15, 0.2) is 47.5 Å². The second-order valence-electron chi connectivity index (χ2n) is 7.44. The van der Waals surface area contributed by atoms with Crippen molar-refractivity contribution < 1.29 is 14.0 Å². The first-order valence-electron chi connectivity index (χ1n) is 9.62. The highest BCUT2D eigenvalue weighted by atomic mass is 32.2. The van der Waals surface area contributed by atoms with Crippen LogP contribution in [0.4, 0.5) is 15.8 Å². The van der Waals surface area contributed by atoms with Crippen LogP contribution in [0.1, 0.15) is 30.4 Å². The molecule has 4 rings (SSSR count). The van der Waals surface area contributed by atoms with E-state index in [0.717, 1.165) is 24.1 Å². The van der Waals surface area contributed by atoms with E-state index in [1.165, 1.54) is 29.5 Å². The highest BCUT2D eigenvalue weighted by Crippen LogP contribution is 2.39. The largest absolute Gasteiger partial charge is 0.324 e. The summed E-state index contributed by atoms with van der Waals surface area (Å²) in [6.07, 6.45) is 1.88. The Morgan fingerprint density at radius 3 is 2.66 bits per heavy atom. The van der Waals surface area contributed by atoms with Crippen LogP contribution in [0, 0.1) is 19.7 Å². The van der Waals surface area contributed by atoms with Crippen molar-refractivity contribution in [2.45, 2.75) is 44.4 Å². The van der Waals surface area contributed by atoms with Crippen LogP contribution < -0.4 is 5.32 Å². The van der Waals surface area contributed by atoms with Gasteiger partial charge in [0.15, 0.2) is 5.17 Å². The monoisotopic (exact) mass is 411 g/mol. The summed E-state index contributed by atoms with van der Waals surface area (Å²) in [7, 11) is 0. The zero-order valence-corrected chi connectivity index (χ0v) is 17.1. The van der Waals surface area contributed by atoms with Gasteiger partial charge in [0.2, 0.25) is 11.8 Å². The standard InChI is InChI=1S/C22H22FN3O2S/c1-13-7-8-15(11-14(13)2)24-22-26(16-9-10-16)21(28)19(29-22)12-20(27)25-18-6-4-3-5-17(18)23/h3-8,11,16,19H,9-10,12H2,1-2H3,(H,25,27). The van der Waals surface area contributed by atoms with E-state index in [4.69, 9.17) is 4.99 Å². The molecule has 7 heteroatoms. The number of nitrogens with zero attached hydrogens (tertiary/aromatic N) is 2. The molecule has 0 bridgehead atoms. The van der Waals surface area contributed by atoms with Crippen molar-refractivity contribution in [3.63, 3.8) is 0 Å². The number of amidine groups is 1. The smallest absolute Gasteiger partial charge is 0.242 e. The van der Waals surface area contributed by atoms with Gasteiger partial charge < -0.3 is 5.32 Å². The number of benzene rings is 2. The molecule has 0 aromatic heterocycles. The van der Waals surface area contributed by atoms with Crippen LogP contribution in [0.5, 0.6) is 0 Å². The molecule has 2 aromatic rings. The third kappa shape index (κ3) is 4.34. The Morgan fingerprint density at radius 1 is 1.21 bits per heavy atom. The number of aryl methyl sites for hydroxylation is 2. The first kappa shape index (κ1) is 19.6. The van der Waals surface area contributed by atoms with Crippen molar-refractivity contribution in [2.24, 2.45) is 4.99 Å². The van der Waals surface area contributed by atoms with Crippen LogP contribution >= 0.6 is 11.8 Å². The van der Waals surface area contributed by atoms with Crippen molar-refractivity contribution in [1.29, 1.82) is 0 Å². The van der Waals surface area contributed by atoms with Gasteiger partial charge in [-0.05, 0) is 62.1 Å². The fourth-order valence-electron chi connectivity index (χ4n) is 3.20. The first-order chi connectivity index (χ1) is 13.9. The molecule has 2 fully saturated rings. The lowest BCUT2D eigenvalue weighted by Gasteiger charge is -2.15. The van der Waals surface area contributed by atoms with Gasteiger partial charge in [-0.25, -0.2) is 9.38 Å². The normalized spacial score (nSPS) is 20.4. The van der Waals surface area contributed by atoms with Gasteiger partial charge in [-0.15, -0.1) is 0 Å². The Morgan fingerprint density at radius 2 is 1.97 bits per heavy atom. The van der Waals surface area contributed by atoms with E-state index < -0.39 is 11.1 Å². The summed E-state index contributed by atoms with van der Waals surface area (Å²) in [4.78, 5) is 31.8. The Bertz CT molecular complexity index is 1000. The van der Waals surface area contributed by atoms with E-state index >= 15 is 0 Å². The van der Waals surface area contributed by atoms with Crippen LogP contribution in [-0.4, -0.2) is 33.2 Å². The molecule has 150 valence electrons. The van der Waals surface area contributed by atoms with Gasteiger partial charge in [-0.1, -0.05) is 30.0 Å². The Labute approximate surface area is 173 Å². The molecule has 2 aliphatic rings. The molecule has 1 N–H and O–H groups in total. The summed E-state index contributed by atoms with van der Waals surface area (Å²) < 4.78 is 13.8. The molecule has 2 amide bonds. The molecule has 1 heterocycles.